The molecule has 1 heterocycles. The molecule has 0 amide bonds. The number of amidine groups is 1. The summed E-state index contributed by atoms with van der Waals surface area (Å²) in [4.78, 5) is 4.94. The van der Waals surface area contributed by atoms with E-state index in [0.717, 1.165) is 17.9 Å². The molecule has 0 radical (unpaired) electrons. The fourth-order valence-corrected chi connectivity index (χ4v) is 2.80. The Morgan fingerprint density at radius 2 is 1.67 bits per heavy atom. The van der Waals surface area contributed by atoms with Crippen molar-refractivity contribution in [2.75, 3.05) is 5.32 Å². The van der Waals surface area contributed by atoms with E-state index in [2.05, 4.69) is 62.5 Å². The molecule has 0 saturated heterocycles. The van der Waals surface area contributed by atoms with Gasteiger partial charge in [-0.2, -0.15) is 0 Å². The Morgan fingerprint density at radius 1 is 1.00 bits per heavy atom. The average Bonchev–Trinajstić information content (AvgIpc) is 2.76. The summed E-state index contributed by atoms with van der Waals surface area (Å²) in [5, 5.41) is 3.49. The summed E-state index contributed by atoms with van der Waals surface area (Å²) in [5.41, 5.74) is 3.78. The number of hydrogen-bond acceptors (Lipinski definition) is 2. The normalized spacial score (nSPS) is 20.1. The molecule has 0 fully saturated rings. The van der Waals surface area contributed by atoms with E-state index < -0.39 is 0 Å². The number of anilines is 1. The van der Waals surface area contributed by atoms with Crippen molar-refractivity contribution in [1.82, 2.24) is 0 Å². The van der Waals surface area contributed by atoms with Gasteiger partial charge in [0.05, 0.1) is 6.04 Å². The Morgan fingerprint density at radius 3 is 2.33 bits per heavy atom. The highest BCUT2D eigenvalue weighted by Crippen LogP contribution is 2.40. The number of aliphatic imine (C=N–C) groups is 1. The van der Waals surface area contributed by atoms with Crippen LogP contribution in [-0.4, -0.2) is 5.84 Å². The molecule has 1 atom stereocenters. The van der Waals surface area contributed by atoms with E-state index in [1.54, 1.807) is 0 Å². The fraction of sp³-hybridized carbons (Fsp3) is 0.316. The lowest BCUT2D eigenvalue weighted by Crippen LogP contribution is -2.27. The quantitative estimate of drug-likeness (QED) is 0.823. The Balaban J connectivity index is 1.85. The van der Waals surface area contributed by atoms with Crippen molar-refractivity contribution in [3.63, 3.8) is 0 Å². The fourth-order valence-electron chi connectivity index (χ4n) is 2.80. The van der Waals surface area contributed by atoms with E-state index in [0.29, 0.717) is 0 Å². The second-order valence-corrected chi connectivity index (χ2v) is 6.48. The second kappa shape index (κ2) is 5.36. The smallest absolute Gasteiger partial charge is 0.107 e. The van der Waals surface area contributed by atoms with Crippen LogP contribution in [0, 0.1) is 12.3 Å². The summed E-state index contributed by atoms with van der Waals surface area (Å²) in [6.07, 6.45) is 1.05. The van der Waals surface area contributed by atoms with E-state index in [1.807, 2.05) is 18.2 Å². The first-order chi connectivity index (χ1) is 10.0. The van der Waals surface area contributed by atoms with Crippen molar-refractivity contribution in [2.45, 2.75) is 33.2 Å². The zero-order chi connectivity index (χ0) is 14.9. The maximum absolute atomic E-state index is 4.94. The number of para-hydroxylation sites is 1. The van der Waals surface area contributed by atoms with Crippen LogP contribution in [0.15, 0.2) is 59.6 Å². The summed E-state index contributed by atoms with van der Waals surface area (Å²) in [6, 6.07) is 19.3. The lowest BCUT2D eigenvalue weighted by atomic mass is 9.86. The van der Waals surface area contributed by atoms with Crippen molar-refractivity contribution < 1.29 is 0 Å². The molecule has 0 spiro atoms. The Kier molecular flexibility index (Phi) is 3.54. The summed E-state index contributed by atoms with van der Waals surface area (Å²) in [5.74, 6) is 1.08. The molecule has 2 aromatic rings. The van der Waals surface area contributed by atoms with Gasteiger partial charge >= 0.3 is 0 Å². The lowest BCUT2D eigenvalue weighted by Gasteiger charge is -2.21. The molecular formula is C19H22N2. The van der Waals surface area contributed by atoms with Crippen molar-refractivity contribution in [1.29, 1.82) is 0 Å². The van der Waals surface area contributed by atoms with Gasteiger partial charge in [-0.1, -0.05) is 61.9 Å². The zero-order valence-corrected chi connectivity index (χ0v) is 12.9. The SMILES string of the molecule is Cc1ccc(C2CC(C)(C)C(Nc3ccccc3)=N2)cc1. The summed E-state index contributed by atoms with van der Waals surface area (Å²) in [7, 11) is 0. The highest BCUT2D eigenvalue weighted by Gasteiger charge is 2.35. The van der Waals surface area contributed by atoms with Gasteiger partial charge in [-0.3, -0.25) is 4.99 Å². The van der Waals surface area contributed by atoms with E-state index >= 15 is 0 Å². The van der Waals surface area contributed by atoms with E-state index in [-0.39, 0.29) is 11.5 Å². The summed E-state index contributed by atoms with van der Waals surface area (Å²) < 4.78 is 0. The summed E-state index contributed by atoms with van der Waals surface area (Å²) in [6.45, 7) is 6.64. The molecule has 1 aliphatic heterocycles. The first kappa shape index (κ1) is 13.9. The highest BCUT2D eigenvalue weighted by molar-refractivity contribution is 6.00. The highest BCUT2D eigenvalue weighted by atomic mass is 15.1. The minimum absolute atomic E-state index is 0.0748. The van der Waals surface area contributed by atoms with Crippen LogP contribution in [0.1, 0.15) is 37.4 Å². The van der Waals surface area contributed by atoms with Gasteiger partial charge in [-0.05, 0) is 31.0 Å². The van der Waals surface area contributed by atoms with Gasteiger partial charge in [0, 0.05) is 11.1 Å². The molecule has 1 unspecified atom stereocenters. The van der Waals surface area contributed by atoms with Gasteiger partial charge in [0.1, 0.15) is 5.84 Å². The topological polar surface area (TPSA) is 24.4 Å². The Bertz CT molecular complexity index is 639. The number of aryl methyl sites for hydroxylation is 1. The van der Waals surface area contributed by atoms with Crippen molar-refractivity contribution >= 4 is 11.5 Å². The van der Waals surface area contributed by atoms with Crippen LogP contribution in [0.4, 0.5) is 5.69 Å². The molecular weight excluding hydrogens is 256 g/mol. The molecule has 0 aromatic heterocycles. The molecule has 0 saturated carbocycles. The monoisotopic (exact) mass is 278 g/mol. The van der Waals surface area contributed by atoms with E-state index in [4.69, 9.17) is 4.99 Å². The number of nitrogens with zero attached hydrogens (tertiary/aromatic N) is 1. The molecule has 1 N–H and O–H groups in total. The van der Waals surface area contributed by atoms with Crippen LogP contribution in [0.5, 0.6) is 0 Å². The largest absolute Gasteiger partial charge is 0.344 e. The molecule has 2 nitrogen and oxygen atoms in total. The molecule has 3 rings (SSSR count). The Hall–Kier alpha value is -2.09. The minimum atomic E-state index is 0.0748. The predicted molar refractivity (Wildman–Crippen MR) is 89.8 cm³/mol. The van der Waals surface area contributed by atoms with Crippen LogP contribution >= 0.6 is 0 Å². The molecule has 2 heteroatoms. The lowest BCUT2D eigenvalue weighted by molar-refractivity contribution is 0.469. The van der Waals surface area contributed by atoms with Crippen LogP contribution in [0.3, 0.4) is 0 Å². The third-order valence-electron chi connectivity index (χ3n) is 4.13. The van der Waals surface area contributed by atoms with Crippen molar-refractivity contribution in [3.05, 3.63) is 65.7 Å². The van der Waals surface area contributed by atoms with Crippen LogP contribution in [0.25, 0.3) is 0 Å². The van der Waals surface area contributed by atoms with Gasteiger partial charge in [-0.25, -0.2) is 0 Å². The van der Waals surface area contributed by atoms with E-state index in [9.17, 15) is 0 Å². The third kappa shape index (κ3) is 2.99. The van der Waals surface area contributed by atoms with Crippen LogP contribution in [-0.2, 0) is 0 Å². The maximum Gasteiger partial charge on any atom is 0.107 e. The van der Waals surface area contributed by atoms with Crippen LogP contribution in [0.2, 0.25) is 0 Å². The second-order valence-electron chi connectivity index (χ2n) is 6.48. The maximum atomic E-state index is 4.94. The van der Waals surface area contributed by atoms with Gasteiger partial charge in [0.15, 0.2) is 0 Å². The minimum Gasteiger partial charge on any atom is -0.344 e. The molecule has 0 bridgehead atoms. The molecule has 1 aliphatic rings. The van der Waals surface area contributed by atoms with Gasteiger partial charge < -0.3 is 5.32 Å². The molecule has 108 valence electrons. The first-order valence-electron chi connectivity index (χ1n) is 7.51. The summed E-state index contributed by atoms with van der Waals surface area (Å²) >= 11 is 0. The first-order valence-corrected chi connectivity index (χ1v) is 7.51. The molecule has 2 aromatic carbocycles. The molecule has 21 heavy (non-hydrogen) atoms. The van der Waals surface area contributed by atoms with Gasteiger partial charge in [0.2, 0.25) is 0 Å². The molecule has 0 aliphatic carbocycles. The van der Waals surface area contributed by atoms with Gasteiger partial charge in [0.25, 0.3) is 0 Å². The number of hydrogen-bond donors (Lipinski definition) is 1. The number of rotatable bonds is 2. The Labute approximate surface area is 126 Å². The standard InChI is InChI=1S/C19H22N2/c1-14-9-11-15(12-10-14)17-13-19(2,3)18(21-17)20-16-7-5-4-6-8-16/h4-12,17H,13H2,1-3H3,(H,20,21). The van der Waals surface area contributed by atoms with Gasteiger partial charge in [-0.15, -0.1) is 0 Å². The van der Waals surface area contributed by atoms with E-state index in [1.165, 1.54) is 11.1 Å². The zero-order valence-electron chi connectivity index (χ0n) is 12.9. The number of nitrogens with one attached hydrogen (secondary N) is 1. The van der Waals surface area contributed by atoms with Crippen molar-refractivity contribution in [3.8, 4) is 0 Å². The predicted octanol–water partition coefficient (Wildman–Crippen LogP) is 4.98. The number of benzene rings is 2. The van der Waals surface area contributed by atoms with Crippen LogP contribution < -0.4 is 5.32 Å². The third-order valence-corrected chi connectivity index (χ3v) is 4.13. The average molecular weight is 278 g/mol. The van der Waals surface area contributed by atoms with Crippen molar-refractivity contribution in [2.24, 2.45) is 10.4 Å².